The van der Waals surface area contributed by atoms with E-state index in [0.29, 0.717) is 18.7 Å². The smallest absolute Gasteiger partial charge is 0.364 e. The molecule has 2 N–H and O–H groups in total. The standard InChI is InChI=1S/C16H14F3N5O2/c17-16(18,19)11-4-1-10(2-5-11)3-6-14(25)23-7-12(8-23)24-9-13(15(20)26)21-22-24/h1-6,9,12H,7-8H2,(H2,20,26)/b6-3+. The monoisotopic (exact) mass is 365 g/mol. The van der Waals surface area contributed by atoms with Crippen LogP contribution >= 0.6 is 0 Å². The van der Waals surface area contributed by atoms with Crippen molar-refractivity contribution in [1.82, 2.24) is 19.9 Å². The fourth-order valence-corrected chi connectivity index (χ4v) is 2.43. The first-order chi connectivity index (χ1) is 12.2. The highest BCUT2D eigenvalue weighted by atomic mass is 19.4. The molecule has 136 valence electrons. The van der Waals surface area contributed by atoms with Crippen molar-refractivity contribution in [2.24, 2.45) is 5.73 Å². The van der Waals surface area contributed by atoms with Crippen LogP contribution in [0.15, 0.2) is 36.5 Å². The van der Waals surface area contributed by atoms with Gasteiger partial charge in [-0.2, -0.15) is 13.2 Å². The summed E-state index contributed by atoms with van der Waals surface area (Å²) in [5.41, 5.74) is 4.90. The summed E-state index contributed by atoms with van der Waals surface area (Å²) in [6, 6.07) is 4.42. The number of hydrogen-bond donors (Lipinski definition) is 1. The number of likely N-dealkylation sites (tertiary alicyclic amines) is 1. The molecule has 3 rings (SSSR count). The average molecular weight is 365 g/mol. The second-order valence-corrected chi connectivity index (χ2v) is 5.80. The molecular formula is C16H14F3N5O2. The van der Waals surface area contributed by atoms with Crippen molar-refractivity contribution in [2.75, 3.05) is 13.1 Å². The van der Waals surface area contributed by atoms with Gasteiger partial charge in [-0.25, -0.2) is 4.68 Å². The van der Waals surface area contributed by atoms with Crippen molar-refractivity contribution in [1.29, 1.82) is 0 Å². The minimum Gasteiger partial charge on any atom is -0.364 e. The molecular weight excluding hydrogens is 351 g/mol. The first-order valence-electron chi connectivity index (χ1n) is 7.60. The maximum Gasteiger partial charge on any atom is 0.416 e. The summed E-state index contributed by atoms with van der Waals surface area (Å²) < 4.78 is 39.0. The summed E-state index contributed by atoms with van der Waals surface area (Å²) in [4.78, 5) is 24.6. The van der Waals surface area contributed by atoms with E-state index in [0.717, 1.165) is 12.1 Å². The Kier molecular flexibility index (Phi) is 4.49. The van der Waals surface area contributed by atoms with E-state index in [4.69, 9.17) is 5.73 Å². The third kappa shape index (κ3) is 3.73. The second kappa shape index (κ2) is 6.62. The van der Waals surface area contributed by atoms with Crippen molar-refractivity contribution in [3.05, 3.63) is 53.4 Å². The van der Waals surface area contributed by atoms with Gasteiger partial charge >= 0.3 is 6.18 Å². The molecule has 0 radical (unpaired) electrons. The number of carbonyl (C=O) groups is 2. The lowest BCUT2D eigenvalue weighted by Crippen LogP contribution is -2.50. The Labute approximate surface area is 145 Å². The molecule has 10 heteroatoms. The van der Waals surface area contributed by atoms with Crippen LogP contribution in [0.2, 0.25) is 0 Å². The van der Waals surface area contributed by atoms with Crippen molar-refractivity contribution in [3.8, 4) is 0 Å². The van der Waals surface area contributed by atoms with E-state index >= 15 is 0 Å². The highest BCUT2D eigenvalue weighted by Gasteiger charge is 2.32. The van der Waals surface area contributed by atoms with Gasteiger partial charge in [0.1, 0.15) is 0 Å². The quantitative estimate of drug-likeness (QED) is 0.831. The fraction of sp³-hybridized carbons (Fsp3) is 0.250. The predicted octanol–water partition coefficient (Wildman–Crippen LogP) is 1.49. The minimum atomic E-state index is -4.39. The second-order valence-electron chi connectivity index (χ2n) is 5.80. The molecule has 1 aromatic heterocycles. The third-order valence-corrected chi connectivity index (χ3v) is 3.97. The number of nitrogens with zero attached hydrogens (tertiary/aromatic N) is 4. The van der Waals surface area contributed by atoms with Crippen LogP contribution < -0.4 is 5.73 Å². The Morgan fingerprint density at radius 1 is 1.19 bits per heavy atom. The number of aromatic nitrogens is 3. The summed E-state index contributed by atoms with van der Waals surface area (Å²) in [7, 11) is 0. The van der Waals surface area contributed by atoms with Crippen molar-refractivity contribution >= 4 is 17.9 Å². The van der Waals surface area contributed by atoms with E-state index in [-0.39, 0.29) is 17.6 Å². The molecule has 0 atom stereocenters. The van der Waals surface area contributed by atoms with E-state index in [2.05, 4.69) is 10.3 Å². The number of primary amides is 1. The number of carbonyl (C=O) groups excluding carboxylic acids is 2. The SMILES string of the molecule is NC(=O)c1cn(C2CN(C(=O)/C=C/c3ccc(C(F)(F)F)cc3)C2)nn1. The molecule has 7 nitrogen and oxygen atoms in total. The average Bonchev–Trinajstić information content (AvgIpc) is 3.01. The molecule has 0 bridgehead atoms. The topological polar surface area (TPSA) is 94.1 Å². The maximum atomic E-state index is 12.5. The normalized spacial score (nSPS) is 15.3. The molecule has 1 saturated heterocycles. The molecule has 2 aromatic rings. The summed E-state index contributed by atoms with van der Waals surface area (Å²) in [5.74, 6) is -0.945. The zero-order chi connectivity index (χ0) is 18.9. The summed E-state index contributed by atoms with van der Waals surface area (Å²) in [5, 5.41) is 7.42. The van der Waals surface area contributed by atoms with Gasteiger partial charge in [0.25, 0.3) is 5.91 Å². The lowest BCUT2D eigenvalue weighted by Gasteiger charge is -2.38. The van der Waals surface area contributed by atoms with Gasteiger partial charge in [0, 0.05) is 19.2 Å². The molecule has 0 spiro atoms. The van der Waals surface area contributed by atoms with Gasteiger partial charge in [0.05, 0.1) is 17.8 Å². The molecule has 2 amide bonds. The number of alkyl halides is 3. The minimum absolute atomic E-state index is 0.0528. The first-order valence-corrected chi connectivity index (χ1v) is 7.60. The molecule has 0 saturated carbocycles. The summed E-state index contributed by atoms with van der Waals surface area (Å²) >= 11 is 0. The summed E-state index contributed by atoms with van der Waals surface area (Å²) in [6.45, 7) is 0.773. The van der Waals surface area contributed by atoms with Crippen molar-refractivity contribution < 1.29 is 22.8 Å². The number of rotatable bonds is 4. The van der Waals surface area contributed by atoms with Crippen molar-refractivity contribution in [3.63, 3.8) is 0 Å². The van der Waals surface area contributed by atoms with E-state index in [1.165, 1.54) is 40.1 Å². The lowest BCUT2D eigenvalue weighted by molar-refractivity contribution is -0.137. The molecule has 1 aromatic carbocycles. The molecule has 26 heavy (non-hydrogen) atoms. The first kappa shape index (κ1) is 17.6. The maximum absolute atomic E-state index is 12.5. The van der Waals surface area contributed by atoms with E-state index < -0.39 is 17.6 Å². The zero-order valence-corrected chi connectivity index (χ0v) is 13.3. The van der Waals surface area contributed by atoms with Gasteiger partial charge in [-0.1, -0.05) is 17.3 Å². The molecule has 1 aliphatic rings. The third-order valence-electron chi connectivity index (χ3n) is 3.97. The van der Waals surface area contributed by atoms with Crippen LogP contribution in [-0.2, 0) is 11.0 Å². The lowest BCUT2D eigenvalue weighted by atomic mass is 10.1. The molecule has 2 heterocycles. The van der Waals surface area contributed by atoms with Crippen LogP contribution in [0.25, 0.3) is 6.08 Å². The Hall–Kier alpha value is -3.17. The number of amides is 2. The van der Waals surface area contributed by atoms with E-state index in [1.807, 2.05) is 0 Å². The molecule has 0 unspecified atom stereocenters. The number of nitrogens with two attached hydrogens (primary N) is 1. The molecule has 1 aliphatic heterocycles. The van der Waals surface area contributed by atoms with Gasteiger partial charge in [-0.3, -0.25) is 9.59 Å². The van der Waals surface area contributed by atoms with E-state index in [9.17, 15) is 22.8 Å². The number of benzene rings is 1. The highest BCUT2D eigenvalue weighted by Crippen LogP contribution is 2.29. The van der Waals surface area contributed by atoms with Gasteiger partial charge in [0.2, 0.25) is 5.91 Å². The van der Waals surface area contributed by atoms with Crippen LogP contribution in [0, 0.1) is 0 Å². The molecule has 0 aliphatic carbocycles. The van der Waals surface area contributed by atoms with Crippen molar-refractivity contribution in [2.45, 2.75) is 12.2 Å². The van der Waals surface area contributed by atoms with Crippen LogP contribution in [-0.4, -0.2) is 44.8 Å². The Morgan fingerprint density at radius 3 is 2.38 bits per heavy atom. The highest BCUT2D eigenvalue weighted by molar-refractivity contribution is 5.92. The summed E-state index contributed by atoms with van der Waals surface area (Å²) in [6.07, 6.45) is -0.210. The van der Waals surface area contributed by atoms with Crippen LogP contribution in [0.4, 0.5) is 13.2 Å². The van der Waals surface area contributed by atoms with E-state index in [1.54, 1.807) is 0 Å². The number of hydrogen-bond acceptors (Lipinski definition) is 4. The fourth-order valence-electron chi connectivity index (χ4n) is 2.43. The van der Waals surface area contributed by atoms with Crippen LogP contribution in [0.3, 0.4) is 0 Å². The van der Waals surface area contributed by atoms with Gasteiger partial charge in [-0.05, 0) is 23.8 Å². The van der Waals surface area contributed by atoms with Crippen LogP contribution in [0.1, 0.15) is 27.7 Å². The Morgan fingerprint density at radius 2 is 1.85 bits per heavy atom. The Balaban J connectivity index is 1.54. The largest absolute Gasteiger partial charge is 0.416 e. The zero-order valence-electron chi connectivity index (χ0n) is 13.3. The predicted molar refractivity (Wildman–Crippen MR) is 84.6 cm³/mol. The van der Waals surface area contributed by atoms with Gasteiger partial charge in [0.15, 0.2) is 5.69 Å². The van der Waals surface area contributed by atoms with Crippen LogP contribution in [0.5, 0.6) is 0 Å². The van der Waals surface area contributed by atoms with Gasteiger partial charge in [-0.15, -0.1) is 5.10 Å². The Bertz CT molecular complexity index is 852. The number of halogens is 3. The van der Waals surface area contributed by atoms with Gasteiger partial charge < -0.3 is 10.6 Å². The molecule has 1 fully saturated rings.